The summed E-state index contributed by atoms with van der Waals surface area (Å²) in [6.45, 7) is -2.85. The van der Waals surface area contributed by atoms with E-state index in [1.807, 2.05) is 0 Å². The molecule has 0 spiro atoms. The van der Waals surface area contributed by atoms with Gasteiger partial charge in [-0.15, -0.1) is 0 Å². The second kappa shape index (κ2) is 7.58. The molecule has 0 aliphatic carbocycles. The monoisotopic (exact) mass is 362 g/mol. The van der Waals surface area contributed by atoms with E-state index < -0.39 is 6.61 Å². The van der Waals surface area contributed by atoms with Gasteiger partial charge in [-0.3, -0.25) is 0 Å². The summed E-state index contributed by atoms with van der Waals surface area (Å²) >= 11 is 17.0. The van der Waals surface area contributed by atoms with E-state index in [1.165, 1.54) is 12.1 Å². The predicted molar refractivity (Wildman–Crippen MR) is 89.4 cm³/mol. The van der Waals surface area contributed by atoms with Crippen molar-refractivity contribution in [3.05, 3.63) is 52.5 Å². The van der Waals surface area contributed by atoms with Crippen LogP contribution in [0.4, 0.5) is 20.2 Å². The van der Waals surface area contributed by atoms with E-state index in [0.29, 0.717) is 26.5 Å². The molecule has 0 unspecified atom stereocenters. The molecule has 0 amide bonds. The lowest BCUT2D eigenvalue weighted by Crippen LogP contribution is -2.19. The Morgan fingerprint density at radius 3 is 2.32 bits per heavy atom. The van der Waals surface area contributed by atoms with Crippen LogP contribution in [0.25, 0.3) is 0 Å². The molecule has 0 aliphatic rings. The molecule has 0 radical (unpaired) electrons. The number of hydrogen-bond acceptors (Lipinski definition) is 2. The maximum Gasteiger partial charge on any atom is 0.387 e. The third-order valence-corrected chi connectivity index (χ3v) is 3.27. The Balaban J connectivity index is 1.97. The largest absolute Gasteiger partial charge is 0.435 e. The third kappa shape index (κ3) is 4.98. The number of nitrogens with one attached hydrogen (secondary N) is 2. The summed E-state index contributed by atoms with van der Waals surface area (Å²) in [7, 11) is 0. The van der Waals surface area contributed by atoms with E-state index in [-0.39, 0.29) is 5.75 Å². The van der Waals surface area contributed by atoms with Crippen LogP contribution < -0.4 is 15.4 Å². The average Bonchev–Trinajstić information content (AvgIpc) is 2.43. The van der Waals surface area contributed by atoms with E-state index >= 15 is 0 Å². The highest BCUT2D eigenvalue weighted by molar-refractivity contribution is 7.80. The Morgan fingerprint density at radius 2 is 1.73 bits per heavy atom. The van der Waals surface area contributed by atoms with Gasteiger partial charge in [0, 0.05) is 10.7 Å². The molecule has 8 heteroatoms. The van der Waals surface area contributed by atoms with Gasteiger partial charge in [0.15, 0.2) is 5.11 Å². The highest BCUT2D eigenvalue weighted by Crippen LogP contribution is 2.25. The van der Waals surface area contributed by atoms with Crippen LogP contribution in [0.5, 0.6) is 5.75 Å². The molecule has 0 atom stereocenters. The van der Waals surface area contributed by atoms with Crippen molar-refractivity contribution in [2.75, 3.05) is 10.6 Å². The van der Waals surface area contributed by atoms with Crippen LogP contribution in [0.1, 0.15) is 0 Å². The standard InChI is InChI=1S/C14H10Cl2F2N2OS/c15-8-1-6-12(11(16)7-8)20-14(22)19-9-2-4-10(5-3-9)21-13(17)18/h1-7,13H,(H2,19,20,22). The molecule has 0 saturated carbocycles. The molecule has 22 heavy (non-hydrogen) atoms. The zero-order valence-electron chi connectivity index (χ0n) is 10.9. The first-order valence-corrected chi connectivity index (χ1v) is 7.18. The van der Waals surface area contributed by atoms with Gasteiger partial charge in [0.1, 0.15) is 5.75 Å². The van der Waals surface area contributed by atoms with Crippen molar-refractivity contribution in [3.8, 4) is 5.75 Å². The molecule has 2 rings (SSSR count). The smallest absolute Gasteiger partial charge is 0.387 e. The fraction of sp³-hybridized carbons (Fsp3) is 0.0714. The SMILES string of the molecule is FC(F)Oc1ccc(NC(=S)Nc2ccc(Cl)cc2Cl)cc1. The molecule has 2 N–H and O–H groups in total. The maximum atomic E-state index is 12.0. The first-order chi connectivity index (χ1) is 10.4. The highest BCUT2D eigenvalue weighted by Gasteiger charge is 2.06. The molecule has 0 aromatic heterocycles. The number of thiocarbonyl (C=S) groups is 1. The second-order valence-corrected chi connectivity index (χ2v) is 5.36. The Labute approximate surface area is 141 Å². The van der Waals surface area contributed by atoms with Crippen LogP contribution in [0.15, 0.2) is 42.5 Å². The molecule has 2 aromatic carbocycles. The summed E-state index contributed by atoms with van der Waals surface area (Å²) in [5, 5.41) is 7.05. The first-order valence-electron chi connectivity index (χ1n) is 6.02. The summed E-state index contributed by atoms with van der Waals surface area (Å²) in [6.07, 6.45) is 0. The lowest BCUT2D eigenvalue weighted by atomic mass is 10.3. The Morgan fingerprint density at radius 1 is 1.05 bits per heavy atom. The van der Waals surface area contributed by atoms with Crippen molar-refractivity contribution in [1.29, 1.82) is 0 Å². The van der Waals surface area contributed by atoms with Gasteiger partial charge in [0.2, 0.25) is 0 Å². The molecule has 3 nitrogen and oxygen atoms in total. The average molecular weight is 363 g/mol. The van der Waals surface area contributed by atoms with Crippen molar-refractivity contribution in [3.63, 3.8) is 0 Å². The lowest BCUT2D eigenvalue weighted by molar-refractivity contribution is -0.0498. The minimum absolute atomic E-state index is 0.0696. The zero-order chi connectivity index (χ0) is 16.1. The fourth-order valence-corrected chi connectivity index (χ4v) is 2.28. The number of anilines is 2. The quantitative estimate of drug-likeness (QED) is 0.713. The molecular formula is C14H10Cl2F2N2OS. The Bertz CT molecular complexity index is 668. The van der Waals surface area contributed by atoms with Crippen LogP contribution in [-0.2, 0) is 0 Å². The van der Waals surface area contributed by atoms with Gasteiger partial charge in [-0.2, -0.15) is 8.78 Å². The molecular weight excluding hydrogens is 353 g/mol. The van der Waals surface area contributed by atoms with Crippen molar-refractivity contribution < 1.29 is 13.5 Å². The molecule has 2 aromatic rings. The van der Waals surface area contributed by atoms with E-state index in [0.717, 1.165) is 0 Å². The van der Waals surface area contributed by atoms with E-state index in [1.54, 1.807) is 30.3 Å². The Kier molecular flexibility index (Phi) is 5.76. The van der Waals surface area contributed by atoms with Gasteiger partial charge in [0.05, 0.1) is 10.7 Å². The van der Waals surface area contributed by atoms with E-state index in [2.05, 4.69) is 15.4 Å². The number of hydrogen-bond donors (Lipinski definition) is 2. The topological polar surface area (TPSA) is 33.3 Å². The molecule has 0 aliphatic heterocycles. The van der Waals surface area contributed by atoms with Gasteiger partial charge in [-0.25, -0.2) is 0 Å². The van der Waals surface area contributed by atoms with Crippen molar-refractivity contribution >= 4 is 51.9 Å². The highest BCUT2D eigenvalue weighted by atomic mass is 35.5. The minimum atomic E-state index is -2.85. The van der Waals surface area contributed by atoms with Gasteiger partial charge in [0.25, 0.3) is 0 Å². The summed E-state index contributed by atoms with van der Waals surface area (Å²) in [4.78, 5) is 0. The van der Waals surface area contributed by atoms with Crippen LogP contribution >= 0.6 is 35.4 Å². The molecule has 116 valence electrons. The number of halogens is 4. The number of benzene rings is 2. The Hall–Kier alpha value is -1.63. The van der Waals surface area contributed by atoms with Gasteiger partial charge < -0.3 is 15.4 Å². The van der Waals surface area contributed by atoms with Crippen LogP contribution in [0.2, 0.25) is 10.0 Å². The second-order valence-electron chi connectivity index (χ2n) is 4.11. The van der Waals surface area contributed by atoms with Crippen molar-refractivity contribution in [1.82, 2.24) is 0 Å². The summed E-state index contributed by atoms with van der Waals surface area (Å²) < 4.78 is 28.4. The minimum Gasteiger partial charge on any atom is -0.435 e. The molecule has 0 fully saturated rings. The van der Waals surface area contributed by atoms with Gasteiger partial charge in [-0.05, 0) is 54.7 Å². The number of alkyl halides is 2. The van der Waals surface area contributed by atoms with Crippen LogP contribution in [0.3, 0.4) is 0 Å². The molecule has 0 saturated heterocycles. The van der Waals surface area contributed by atoms with E-state index in [4.69, 9.17) is 35.4 Å². The maximum absolute atomic E-state index is 12.0. The van der Waals surface area contributed by atoms with Crippen molar-refractivity contribution in [2.45, 2.75) is 6.61 Å². The molecule has 0 heterocycles. The normalized spacial score (nSPS) is 10.4. The van der Waals surface area contributed by atoms with Gasteiger partial charge >= 0.3 is 6.61 Å². The van der Waals surface area contributed by atoms with E-state index in [9.17, 15) is 8.78 Å². The molecule has 0 bridgehead atoms. The van der Waals surface area contributed by atoms with Gasteiger partial charge in [-0.1, -0.05) is 23.2 Å². The first kappa shape index (κ1) is 16.7. The summed E-state index contributed by atoms with van der Waals surface area (Å²) in [5.74, 6) is 0.0696. The summed E-state index contributed by atoms with van der Waals surface area (Å²) in [5.41, 5.74) is 1.21. The third-order valence-electron chi connectivity index (χ3n) is 2.52. The number of rotatable bonds is 4. The summed E-state index contributed by atoms with van der Waals surface area (Å²) in [6, 6.07) is 10.9. The van der Waals surface area contributed by atoms with Crippen LogP contribution in [-0.4, -0.2) is 11.7 Å². The predicted octanol–water partition coefficient (Wildman–Crippen LogP) is 5.40. The van der Waals surface area contributed by atoms with Crippen LogP contribution in [0, 0.1) is 0 Å². The van der Waals surface area contributed by atoms with Crippen molar-refractivity contribution in [2.24, 2.45) is 0 Å². The number of ether oxygens (including phenoxy) is 1. The lowest BCUT2D eigenvalue weighted by Gasteiger charge is -2.12. The zero-order valence-corrected chi connectivity index (χ0v) is 13.3. The fourth-order valence-electron chi connectivity index (χ4n) is 1.60.